The van der Waals surface area contributed by atoms with Gasteiger partial charge in [-0.25, -0.2) is 9.59 Å². The van der Waals surface area contributed by atoms with E-state index in [-0.39, 0.29) is 81.7 Å². The van der Waals surface area contributed by atoms with Crippen LogP contribution in [0.25, 0.3) is 0 Å². The SMILES string of the molecule is CC(C)C(NC(=O)CCCCCN1C(=O)C=CC1=O)C(=O)NC(CCCNC(N)=O)C(=O)Nc1ccc(COC(=O)N2C[C@@H](O)[C@@H](O)[C@H](O)[C@H]2CO)cc1.OC[C@H]1CC[C@@H](O)[C@@H](O)[C@@H]1O. The van der Waals surface area contributed by atoms with Gasteiger partial charge in [0.25, 0.3) is 11.8 Å². The summed E-state index contributed by atoms with van der Waals surface area (Å²) in [6.07, 6.45) is -2.93. The number of piperidine rings is 1. The Bertz CT molecular complexity index is 1760. The van der Waals surface area contributed by atoms with Crippen LogP contribution in [0.1, 0.15) is 70.8 Å². The molecule has 23 heteroatoms. The maximum Gasteiger partial charge on any atom is 0.410 e. The monoisotopic (exact) mass is 923 g/mol. The molecule has 2 aliphatic heterocycles. The van der Waals surface area contributed by atoms with Gasteiger partial charge in [0, 0.05) is 49.9 Å². The van der Waals surface area contributed by atoms with E-state index in [1.54, 1.807) is 26.0 Å². The minimum Gasteiger partial charge on any atom is -0.445 e. The van der Waals surface area contributed by atoms with Crippen molar-refractivity contribution in [3.05, 3.63) is 42.0 Å². The topological polar surface area (TPSA) is 371 Å². The second-order valence-corrected chi connectivity index (χ2v) is 16.5. The average Bonchev–Trinajstić information content (AvgIpc) is 3.59. The lowest BCUT2D eigenvalue weighted by Gasteiger charge is -2.42. The molecule has 364 valence electrons. The van der Waals surface area contributed by atoms with Crippen molar-refractivity contribution in [2.24, 2.45) is 17.6 Å². The van der Waals surface area contributed by atoms with Crippen LogP contribution in [0.3, 0.4) is 0 Å². The van der Waals surface area contributed by atoms with Crippen molar-refractivity contribution in [3.8, 4) is 0 Å². The number of carbonyl (C=O) groups is 7. The lowest BCUT2D eigenvalue weighted by atomic mass is 9.83. The zero-order chi connectivity index (χ0) is 48.4. The molecule has 1 aromatic rings. The van der Waals surface area contributed by atoms with Crippen molar-refractivity contribution in [3.63, 3.8) is 0 Å². The Hall–Kier alpha value is -5.27. The van der Waals surface area contributed by atoms with E-state index < -0.39 is 85.3 Å². The second-order valence-electron chi connectivity index (χ2n) is 16.5. The van der Waals surface area contributed by atoms with E-state index in [0.717, 1.165) is 9.80 Å². The van der Waals surface area contributed by atoms with Gasteiger partial charge in [0.2, 0.25) is 17.7 Å². The first-order valence-electron chi connectivity index (χ1n) is 21.6. The molecule has 23 nitrogen and oxygen atoms in total. The van der Waals surface area contributed by atoms with Crippen LogP contribution in [0, 0.1) is 11.8 Å². The number of aliphatic hydroxyl groups excluding tert-OH is 8. The molecule has 0 radical (unpaired) electrons. The van der Waals surface area contributed by atoms with E-state index in [0.29, 0.717) is 43.4 Å². The molecule has 1 saturated heterocycles. The molecule has 65 heavy (non-hydrogen) atoms. The maximum absolute atomic E-state index is 13.4. The minimum atomic E-state index is -1.58. The zero-order valence-corrected chi connectivity index (χ0v) is 36.5. The molecule has 1 aliphatic carbocycles. The van der Waals surface area contributed by atoms with Crippen LogP contribution in [0.2, 0.25) is 0 Å². The number of likely N-dealkylation sites (tertiary alicyclic amines) is 1. The molecule has 0 spiro atoms. The highest BCUT2D eigenvalue weighted by molar-refractivity contribution is 6.12. The molecular formula is C42H65N7O16. The lowest BCUT2D eigenvalue weighted by Crippen LogP contribution is -2.63. The molecule has 8 amide bonds. The number of β-amino-alcohol motifs (C(OH)–C–C–N with tert-alkyl or cyclic N) is 1. The Morgan fingerprint density at radius 2 is 1.43 bits per heavy atom. The van der Waals surface area contributed by atoms with Crippen molar-refractivity contribution in [1.29, 1.82) is 0 Å². The van der Waals surface area contributed by atoms with Gasteiger partial charge in [0.05, 0.1) is 31.4 Å². The van der Waals surface area contributed by atoms with E-state index in [1.165, 1.54) is 24.3 Å². The Morgan fingerprint density at radius 1 is 0.785 bits per heavy atom. The standard InChI is InChI=1S/C35H51N7O12.C7H14O4/c1-20(2)29(40-26(45)8-4-3-5-16-41-27(46)13-14-28(41)47)33(51)39-23(7-6-15-37-34(36)52)32(50)38-22-11-9-21(10-12-22)19-54-35(53)42-17-25(44)31(49)30(48)24(42)18-43;8-3-4-1-2-5(9)7(11)6(4)10/h9-14,20,23-25,29-31,43-44,48-49H,3-8,15-19H2,1-2H3,(H,38,50)(H,39,51)(H,40,45)(H3,36,37,52);4-11H,1-3H2/t23?,24-,25-,29?,30-,31-;4-,5-,6-,7-/m11/s1. The van der Waals surface area contributed by atoms with Gasteiger partial charge in [0.1, 0.15) is 43.1 Å². The van der Waals surface area contributed by atoms with Gasteiger partial charge in [0.15, 0.2) is 0 Å². The third-order valence-corrected chi connectivity index (χ3v) is 11.3. The summed E-state index contributed by atoms with van der Waals surface area (Å²) in [5, 5.41) is 86.3. The molecule has 2 heterocycles. The summed E-state index contributed by atoms with van der Waals surface area (Å²) >= 11 is 0. The Balaban J connectivity index is 0.000000887. The number of carbonyl (C=O) groups excluding carboxylic acids is 7. The Morgan fingerprint density at radius 3 is 2.03 bits per heavy atom. The lowest BCUT2D eigenvalue weighted by molar-refractivity contribution is -0.138. The van der Waals surface area contributed by atoms with Crippen LogP contribution in [0.4, 0.5) is 15.3 Å². The maximum atomic E-state index is 13.4. The summed E-state index contributed by atoms with van der Waals surface area (Å²) < 4.78 is 5.28. The van der Waals surface area contributed by atoms with Crippen molar-refractivity contribution in [2.75, 3.05) is 38.2 Å². The van der Waals surface area contributed by atoms with Gasteiger partial charge < -0.3 is 72.6 Å². The number of primary amides is 1. The van der Waals surface area contributed by atoms with Crippen LogP contribution in [0.15, 0.2) is 36.4 Å². The van der Waals surface area contributed by atoms with Crippen LogP contribution in [-0.2, 0) is 35.3 Å². The van der Waals surface area contributed by atoms with Crippen LogP contribution < -0.4 is 27.0 Å². The molecule has 10 atom stereocenters. The van der Waals surface area contributed by atoms with E-state index in [9.17, 15) is 59.1 Å². The van der Waals surface area contributed by atoms with Crippen molar-refractivity contribution in [2.45, 2.75) is 127 Å². The first kappa shape index (κ1) is 54.1. The average molecular weight is 924 g/mol. The van der Waals surface area contributed by atoms with E-state index in [1.807, 2.05) is 0 Å². The number of unbranched alkanes of at least 4 members (excludes halogenated alkanes) is 2. The molecule has 0 bridgehead atoms. The fourth-order valence-electron chi connectivity index (χ4n) is 7.29. The molecule has 2 fully saturated rings. The number of rotatable bonds is 20. The van der Waals surface area contributed by atoms with E-state index >= 15 is 0 Å². The number of anilines is 1. The molecule has 1 saturated carbocycles. The summed E-state index contributed by atoms with van der Waals surface area (Å²) in [4.78, 5) is 88.8. The van der Waals surface area contributed by atoms with Crippen LogP contribution in [-0.4, -0.2) is 180 Å². The molecule has 3 aliphatic rings. The number of amides is 8. The predicted octanol–water partition coefficient (Wildman–Crippen LogP) is -2.95. The minimum absolute atomic E-state index is 0.104. The smallest absolute Gasteiger partial charge is 0.410 e. The number of hydrogen-bond donors (Lipinski definition) is 13. The summed E-state index contributed by atoms with van der Waals surface area (Å²) in [5.41, 5.74) is 5.98. The highest BCUT2D eigenvalue weighted by atomic mass is 16.6. The van der Waals surface area contributed by atoms with E-state index in [4.69, 9.17) is 25.8 Å². The molecule has 1 aromatic carbocycles. The summed E-state index contributed by atoms with van der Waals surface area (Å²) in [6.45, 7) is 2.47. The number of nitrogens with one attached hydrogen (secondary N) is 4. The largest absolute Gasteiger partial charge is 0.445 e. The quantitative estimate of drug-likeness (QED) is 0.0459. The van der Waals surface area contributed by atoms with Crippen LogP contribution >= 0.6 is 0 Å². The van der Waals surface area contributed by atoms with Gasteiger partial charge in [-0.3, -0.25) is 33.8 Å². The number of nitrogens with two attached hydrogens (primary N) is 1. The van der Waals surface area contributed by atoms with Gasteiger partial charge >= 0.3 is 12.1 Å². The Kier molecular flexibility index (Phi) is 22.2. The third-order valence-electron chi connectivity index (χ3n) is 11.3. The number of hydrogen-bond acceptors (Lipinski definition) is 16. The van der Waals surface area contributed by atoms with Gasteiger partial charge in [-0.1, -0.05) is 32.4 Å². The van der Waals surface area contributed by atoms with Gasteiger partial charge in [-0.15, -0.1) is 0 Å². The molecule has 2 unspecified atom stereocenters. The van der Waals surface area contributed by atoms with Crippen molar-refractivity contribution < 1.29 is 79.2 Å². The van der Waals surface area contributed by atoms with Gasteiger partial charge in [-0.05, 0) is 62.1 Å². The summed E-state index contributed by atoms with van der Waals surface area (Å²) in [6, 6.07) is 2.21. The normalized spacial score (nSPS) is 25.0. The van der Waals surface area contributed by atoms with Crippen molar-refractivity contribution >= 4 is 47.3 Å². The molecule has 0 aromatic heterocycles. The first-order chi connectivity index (χ1) is 30.8. The first-order valence-corrected chi connectivity index (χ1v) is 21.6. The highest BCUT2D eigenvalue weighted by Gasteiger charge is 2.44. The number of benzene rings is 1. The number of imide groups is 1. The highest BCUT2D eigenvalue weighted by Crippen LogP contribution is 2.25. The number of urea groups is 1. The summed E-state index contributed by atoms with van der Waals surface area (Å²) in [5.74, 6) is -2.92. The fraction of sp³-hybridized carbons (Fsp3) is 0.643. The van der Waals surface area contributed by atoms with E-state index in [2.05, 4.69) is 21.3 Å². The summed E-state index contributed by atoms with van der Waals surface area (Å²) in [7, 11) is 0. The molecule has 4 rings (SSSR count). The number of nitrogens with zero attached hydrogens (tertiary/aromatic N) is 2. The molecular weight excluding hydrogens is 858 g/mol. The van der Waals surface area contributed by atoms with Crippen molar-refractivity contribution in [1.82, 2.24) is 25.8 Å². The number of aliphatic hydroxyl groups is 8. The molecule has 14 N–H and O–H groups in total. The third kappa shape index (κ3) is 16.6. The zero-order valence-electron chi connectivity index (χ0n) is 36.5. The predicted molar refractivity (Wildman–Crippen MR) is 229 cm³/mol. The van der Waals surface area contributed by atoms with Gasteiger partial charge in [-0.2, -0.15) is 0 Å². The fourth-order valence-corrected chi connectivity index (χ4v) is 7.29. The Labute approximate surface area is 376 Å². The second kappa shape index (κ2) is 26.6. The van der Waals surface area contributed by atoms with Crippen LogP contribution in [0.5, 0.6) is 0 Å². The number of ether oxygens (including phenoxy) is 1.